The minimum Gasteiger partial charge on any atom is -0.395 e. The van der Waals surface area contributed by atoms with E-state index in [9.17, 15) is 5.11 Å². The van der Waals surface area contributed by atoms with Crippen LogP contribution in [-0.4, -0.2) is 38.8 Å². The number of aliphatic hydroxyl groups excluding tert-OH is 1. The van der Waals surface area contributed by atoms with Gasteiger partial charge in [-0.2, -0.15) is 0 Å². The number of fused-ring (bicyclic) bond motifs is 1. The summed E-state index contributed by atoms with van der Waals surface area (Å²) in [6.45, 7) is 7.14. The average molecular weight is 349 g/mol. The van der Waals surface area contributed by atoms with E-state index in [1.807, 2.05) is 0 Å². The van der Waals surface area contributed by atoms with E-state index in [1.54, 1.807) is 0 Å². The van der Waals surface area contributed by atoms with Crippen LogP contribution in [0.2, 0.25) is 0 Å². The van der Waals surface area contributed by atoms with E-state index in [4.69, 9.17) is 4.98 Å². The summed E-state index contributed by atoms with van der Waals surface area (Å²) < 4.78 is 2.35. The second-order valence-electron chi connectivity index (χ2n) is 7.54. The second-order valence-corrected chi connectivity index (χ2v) is 7.54. The van der Waals surface area contributed by atoms with Crippen molar-refractivity contribution in [2.24, 2.45) is 0 Å². The van der Waals surface area contributed by atoms with E-state index in [0.717, 1.165) is 43.8 Å². The smallest absolute Gasteiger partial charge is 0.124 e. The molecular weight excluding hydrogens is 322 g/mol. The Morgan fingerprint density at radius 3 is 2.58 bits per heavy atom. The molecule has 2 aromatic carbocycles. The molecule has 1 aromatic heterocycles. The first-order chi connectivity index (χ1) is 12.6. The highest BCUT2D eigenvalue weighted by atomic mass is 16.3. The maximum atomic E-state index is 9.65. The maximum Gasteiger partial charge on any atom is 0.124 e. The molecule has 0 radical (unpaired) electrons. The van der Waals surface area contributed by atoms with Gasteiger partial charge in [0.25, 0.3) is 0 Å². The lowest BCUT2D eigenvalue weighted by Gasteiger charge is -2.22. The first-order valence-electron chi connectivity index (χ1n) is 9.50. The van der Waals surface area contributed by atoms with E-state index in [1.165, 1.54) is 22.2 Å². The molecule has 1 aliphatic heterocycles. The summed E-state index contributed by atoms with van der Waals surface area (Å²) in [5.41, 5.74) is 6.07. The van der Waals surface area contributed by atoms with Gasteiger partial charge in [0.2, 0.25) is 0 Å². The fourth-order valence-electron chi connectivity index (χ4n) is 3.95. The highest BCUT2D eigenvalue weighted by molar-refractivity contribution is 5.77. The molecule has 1 aliphatic rings. The van der Waals surface area contributed by atoms with E-state index >= 15 is 0 Å². The van der Waals surface area contributed by atoms with E-state index in [2.05, 4.69) is 65.8 Å². The normalized spacial score (nSPS) is 18.0. The van der Waals surface area contributed by atoms with Gasteiger partial charge in [-0.1, -0.05) is 35.9 Å². The summed E-state index contributed by atoms with van der Waals surface area (Å²) in [6.07, 6.45) is 2.23. The van der Waals surface area contributed by atoms with Gasteiger partial charge in [0.15, 0.2) is 0 Å². The fraction of sp³-hybridized carbons (Fsp3) is 0.409. The lowest BCUT2D eigenvalue weighted by atomic mass is 10.1. The van der Waals surface area contributed by atoms with Gasteiger partial charge >= 0.3 is 0 Å². The molecule has 2 heterocycles. The Morgan fingerprint density at radius 1 is 1.04 bits per heavy atom. The minimum atomic E-state index is 0.233. The first kappa shape index (κ1) is 17.3. The summed E-state index contributed by atoms with van der Waals surface area (Å²) in [7, 11) is 0. The van der Waals surface area contributed by atoms with Crippen LogP contribution in [0.4, 0.5) is 0 Å². The number of aromatic nitrogens is 2. The predicted molar refractivity (Wildman–Crippen MR) is 105 cm³/mol. The third-order valence-corrected chi connectivity index (χ3v) is 5.50. The minimum absolute atomic E-state index is 0.233. The summed E-state index contributed by atoms with van der Waals surface area (Å²) in [4.78, 5) is 7.31. The first-order valence-corrected chi connectivity index (χ1v) is 9.50. The summed E-state index contributed by atoms with van der Waals surface area (Å²) in [6, 6.07) is 15.5. The van der Waals surface area contributed by atoms with E-state index in [-0.39, 0.29) is 12.6 Å². The van der Waals surface area contributed by atoms with E-state index in [0.29, 0.717) is 0 Å². The summed E-state index contributed by atoms with van der Waals surface area (Å²) in [5.74, 6) is 1.09. The van der Waals surface area contributed by atoms with Crippen LogP contribution in [0.1, 0.15) is 35.4 Å². The molecule has 0 bridgehead atoms. The highest BCUT2D eigenvalue weighted by Crippen LogP contribution is 2.24. The fourth-order valence-corrected chi connectivity index (χ4v) is 3.95. The molecular formula is C22H27N3O. The van der Waals surface area contributed by atoms with Gasteiger partial charge in [0, 0.05) is 12.6 Å². The zero-order valence-electron chi connectivity index (χ0n) is 15.7. The number of aryl methyl sites for hydroxylation is 2. The number of nitrogens with zero attached hydrogens (tertiary/aromatic N) is 3. The van der Waals surface area contributed by atoms with Crippen LogP contribution in [0, 0.1) is 13.8 Å². The lowest BCUT2D eigenvalue weighted by Crippen LogP contribution is -2.32. The Morgan fingerprint density at radius 2 is 1.81 bits per heavy atom. The van der Waals surface area contributed by atoms with Crippen molar-refractivity contribution < 1.29 is 5.11 Å². The van der Waals surface area contributed by atoms with Crippen LogP contribution in [0.15, 0.2) is 42.5 Å². The van der Waals surface area contributed by atoms with Gasteiger partial charge in [0.1, 0.15) is 5.82 Å². The molecule has 4 nitrogen and oxygen atoms in total. The molecule has 0 unspecified atom stereocenters. The van der Waals surface area contributed by atoms with Crippen LogP contribution in [0.5, 0.6) is 0 Å². The second kappa shape index (κ2) is 7.22. The van der Waals surface area contributed by atoms with Crippen LogP contribution < -0.4 is 0 Å². The maximum absolute atomic E-state index is 9.65. The van der Waals surface area contributed by atoms with Crippen LogP contribution in [-0.2, 0) is 13.1 Å². The Balaban J connectivity index is 1.72. The Kier molecular flexibility index (Phi) is 4.79. The number of hydrogen-bond donors (Lipinski definition) is 1. The van der Waals surface area contributed by atoms with Crippen LogP contribution in [0.3, 0.4) is 0 Å². The number of benzene rings is 2. The number of rotatable bonds is 5. The topological polar surface area (TPSA) is 41.3 Å². The molecule has 4 heteroatoms. The standard InChI is InChI=1S/C22H27N3O/c1-16-5-8-18(9-6-16)13-25-21-12-17(2)7-10-20(21)23-22(25)14-24-11-3-4-19(24)15-26/h5-10,12,19,26H,3-4,11,13-15H2,1-2H3/t19-/m0/s1. The molecule has 1 atom stereocenters. The van der Waals surface area contributed by atoms with Gasteiger partial charge in [-0.15, -0.1) is 0 Å². The molecule has 1 saturated heterocycles. The zero-order chi connectivity index (χ0) is 18.1. The van der Waals surface area contributed by atoms with Crippen molar-refractivity contribution >= 4 is 11.0 Å². The number of hydrogen-bond acceptors (Lipinski definition) is 3. The van der Waals surface area contributed by atoms with Crippen molar-refractivity contribution in [2.45, 2.75) is 45.8 Å². The molecule has 1 fully saturated rings. The summed E-state index contributed by atoms with van der Waals surface area (Å²) in [5, 5.41) is 9.65. The van der Waals surface area contributed by atoms with Crippen molar-refractivity contribution in [3.63, 3.8) is 0 Å². The molecule has 1 N–H and O–H groups in total. The lowest BCUT2D eigenvalue weighted by molar-refractivity contribution is 0.150. The number of likely N-dealkylation sites (tertiary alicyclic amines) is 1. The Hall–Kier alpha value is -2.17. The van der Waals surface area contributed by atoms with Crippen LogP contribution >= 0.6 is 0 Å². The average Bonchev–Trinajstić information content (AvgIpc) is 3.22. The summed E-state index contributed by atoms with van der Waals surface area (Å²) >= 11 is 0. The van der Waals surface area contributed by atoms with Gasteiger partial charge in [0.05, 0.1) is 24.2 Å². The predicted octanol–water partition coefficient (Wildman–Crippen LogP) is 3.66. The molecule has 0 aliphatic carbocycles. The monoisotopic (exact) mass is 349 g/mol. The van der Waals surface area contributed by atoms with E-state index < -0.39 is 0 Å². The quantitative estimate of drug-likeness (QED) is 0.764. The largest absolute Gasteiger partial charge is 0.395 e. The molecule has 0 spiro atoms. The SMILES string of the molecule is Cc1ccc(Cn2c(CN3CCC[C@H]3CO)nc3ccc(C)cc32)cc1. The van der Waals surface area contributed by atoms with Crippen molar-refractivity contribution in [3.8, 4) is 0 Å². The third-order valence-electron chi connectivity index (χ3n) is 5.50. The number of aliphatic hydroxyl groups is 1. The van der Waals surface area contributed by atoms with Gasteiger partial charge in [-0.3, -0.25) is 4.90 Å². The molecule has 0 saturated carbocycles. The highest BCUT2D eigenvalue weighted by Gasteiger charge is 2.25. The van der Waals surface area contributed by atoms with Gasteiger partial charge in [-0.05, 0) is 56.5 Å². The molecule has 3 aromatic rings. The van der Waals surface area contributed by atoms with Crippen molar-refractivity contribution in [1.82, 2.24) is 14.5 Å². The Bertz CT molecular complexity index is 898. The van der Waals surface area contributed by atoms with Crippen molar-refractivity contribution in [3.05, 3.63) is 65.0 Å². The Labute approximate surface area is 155 Å². The van der Waals surface area contributed by atoms with Crippen molar-refractivity contribution in [2.75, 3.05) is 13.2 Å². The van der Waals surface area contributed by atoms with Crippen molar-refractivity contribution in [1.29, 1.82) is 0 Å². The number of imidazole rings is 1. The molecule has 4 rings (SSSR count). The molecule has 26 heavy (non-hydrogen) atoms. The van der Waals surface area contributed by atoms with Gasteiger partial charge in [-0.25, -0.2) is 4.98 Å². The molecule has 136 valence electrons. The third kappa shape index (κ3) is 3.39. The van der Waals surface area contributed by atoms with Crippen LogP contribution in [0.25, 0.3) is 11.0 Å². The van der Waals surface area contributed by atoms with Gasteiger partial charge < -0.3 is 9.67 Å². The molecule has 0 amide bonds. The zero-order valence-corrected chi connectivity index (χ0v) is 15.7.